The summed E-state index contributed by atoms with van der Waals surface area (Å²) < 4.78 is 5.09. The number of amides is 1. The van der Waals surface area contributed by atoms with E-state index in [-0.39, 0.29) is 17.7 Å². The Labute approximate surface area is 120 Å². The molecule has 0 saturated heterocycles. The molecule has 1 amide bonds. The predicted molar refractivity (Wildman–Crippen MR) is 78.5 cm³/mol. The van der Waals surface area contributed by atoms with Crippen molar-refractivity contribution in [3.8, 4) is 5.75 Å². The number of phenolic OH excluding ortho intramolecular Hbond substituents is 1. The maximum absolute atomic E-state index is 12.4. The predicted octanol–water partition coefficient (Wildman–Crippen LogP) is 1.15. The first-order valence-corrected chi connectivity index (χ1v) is 6.82. The summed E-state index contributed by atoms with van der Waals surface area (Å²) >= 11 is 0. The lowest BCUT2D eigenvalue weighted by Gasteiger charge is -2.30. The van der Waals surface area contributed by atoms with Crippen molar-refractivity contribution in [3.05, 3.63) is 29.8 Å². The topological polar surface area (TPSA) is 75.8 Å². The SMILES string of the molecule is CCN(C(=O)[C@@H](N)Cc1ccc(O)cc1)C(C)COC. The molecule has 1 aromatic rings. The second-order valence-corrected chi connectivity index (χ2v) is 4.91. The number of benzene rings is 1. The van der Waals surface area contributed by atoms with Crippen LogP contribution >= 0.6 is 0 Å². The highest BCUT2D eigenvalue weighted by atomic mass is 16.5. The fourth-order valence-electron chi connectivity index (χ4n) is 2.20. The van der Waals surface area contributed by atoms with Crippen LogP contribution in [0.25, 0.3) is 0 Å². The number of hydrogen-bond donors (Lipinski definition) is 2. The lowest BCUT2D eigenvalue weighted by Crippen LogP contribution is -2.49. The van der Waals surface area contributed by atoms with E-state index in [1.807, 2.05) is 13.8 Å². The Morgan fingerprint density at radius 3 is 2.50 bits per heavy atom. The van der Waals surface area contributed by atoms with Crippen molar-refractivity contribution in [3.63, 3.8) is 0 Å². The quantitative estimate of drug-likeness (QED) is 0.785. The molecule has 0 aliphatic heterocycles. The molecule has 0 aliphatic carbocycles. The van der Waals surface area contributed by atoms with E-state index in [9.17, 15) is 9.90 Å². The molecule has 0 heterocycles. The second kappa shape index (κ2) is 7.87. The van der Waals surface area contributed by atoms with Gasteiger partial charge in [-0.3, -0.25) is 4.79 Å². The van der Waals surface area contributed by atoms with E-state index in [0.29, 0.717) is 19.6 Å². The number of ether oxygens (including phenoxy) is 1. The number of phenols is 1. The van der Waals surface area contributed by atoms with E-state index in [4.69, 9.17) is 10.5 Å². The van der Waals surface area contributed by atoms with Crippen LogP contribution in [-0.4, -0.2) is 48.3 Å². The molecule has 1 rings (SSSR count). The van der Waals surface area contributed by atoms with E-state index < -0.39 is 6.04 Å². The van der Waals surface area contributed by atoms with Gasteiger partial charge in [-0.1, -0.05) is 12.1 Å². The molecular formula is C15H24N2O3. The monoisotopic (exact) mass is 280 g/mol. The summed E-state index contributed by atoms with van der Waals surface area (Å²) in [6.45, 7) is 4.97. The Balaban J connectivity index is 2.67. The fraction of sp³-hybridized carbons (Fsp3) is 0.533. The van der Waals surface area contributed by atoms with Gasteiger partial charge in [-0.15, -0.1) is 0 Å². The van der Waals surface area contributed by atoms with Gasteiger partial charge in [0.25, 0.3) is 0 Å². The molecule has 0 radical (unpaired) electrons. The van der Waals surface area contributed by atoms with Crippen molar-refractivity contribution >= 4 is 5.91 Å². The molecule has 2 atom stereocenters. The van der Waals surface area contributed by atoms with Crippen LogP contribution in [-0.2, 0) is 16.0 Å². The van der Waals surface area contributed by atoms with Gasteiger partial charge >= 0.3 is 0 Å². The van der Waals surface area contributed by atoms with Gasteiger partial charge in [0.2, 0.25) is 5.91 Å². The summed E-state index contributed by atoms with van der Waals surface area (Å²) in [5.74, 6) is 0.127. The molecule has 0 aliphatic rings. The number of nitrogens with two attached hydrogens (primary N) is 1. The van der Waals surface area contributed by atoms with E-state index in [1.54, 1.807) is 36.3 Å². The normalized spacial score (nSPS) is 13.8. The lowest BCUT2D eigenvalue weighted by molar-refractivity contribution is -0.135. The molecule has 0 aromatic heterocycles. The molecule has 1 unspecified atom stereocenters. The molecule has 0 bridgehead atoms. The van der Waals surface area contributed by atoms with Gasteiger partial charge in [0, 0.05) is 13.7 Å². The maximum Gasteiger partial charge on any atom is 0.240 e. The van der Waals surface area contributed by atoms with Crippen LogP contribution in [0.15, 0.2) is 24.3 Å². The third kappa shape index (κ3) is 4.51. The molecule has 0 saturated carbocycles. The number of carbonyl (C=O) groups excluding carboxylic acids is 1. The molecule has 0 spiro atoms. The van der Waals surface area contributed by atoms with Crippen molar-refractivity contribution in [1.82, 2.24) is 4.90 Å². The van der Waals surface area contributed by atoms with E-state index in [0.717, 1.165) is 5.56 Å². The van der Waals surface area contributed by atoms with Gasteiger partial charge in [0.1, 0.15) is 5.75 Å². The van der Waals surface area contributed by atoms with Crippen LogP contribution in [0.2, 0.25) is 0 Å². The van der Waals surface area contributed by atoms with Crippen LogP contribution in [0.4, 0.5) is 0 Å². The van der Waals surface area contributed by atoms with Crippen LogP contribution in [0.3, 0.4) is 0 Å². The maximum atomic E-state index is 12.4. The molecule has 112 valence electrons. The average molecular weight is 280 g/mol. The Morgan fingerprint density at radius 2 is 2.00 bits per heavy atom. The average Bonchev–Trinajstić information content (AvgIpc) is 2.42. The Morgan fingerprint density at radius 1 is 1.40 bits per heavy atom. The van der Waals surface area contributed by atoms with Gasteiger partial charge < -0.3 is 20.5 Å². The molecule has 0 fully saturated rings. The van der Waals surface area contributed by atoms with Crippen LogP contribution < -0.4 is 5.73 Å². The van der Waals surface area contributed by atoms with E-state index >= 15 is 0 Å². The highest BCUT2D eigenvalue weighted by molar-refractivity contribution is 5.82. The number of carbonyl (C=O) groups is 1. The highest BCUT2D eigenvalue weighted by Crippen LogP contribution is 2.12. The largest absolute Gasteiger partial charge is 0.508 e. The van der Waals surface area contributed by atoms with Gasteiger partial charge in [-0.25, -0.2) is 0 Å². The van der Waals surface area contributed by atoms with E-state index in [2.05, 4.69) is 0 Å². The number of likely N-dealkylation sites (N-methyl/N-ethyl adjacent to an activating group) is 1. The van der Waals surface area contributed by atoms with Crippen LogP contribution in [0, 0.1) is 0 Å². The minimum Gasteiger partial charge on any atom is -0.508 e. The molecular weight excluding hydrogens is 256 g/mol. The van der Waals surface area contributed by atoms with Crippen molar-refractivity contribution in [2.45, 2.75) is 32.4 Å². The third-order valence-corrected chi connectivity index (χ3v) is 3.27. The summed E-state index contributed by atoms with van der Waals surface area (Å²) in [4.78, 5) is 14.1. The van der Waals surface area contributed by atoms with Crippen molar-refractivity contribution < 1.29 is 14.6 Å². The zero-order valence-electron chi connectivity index (χ0n) is 12.4. The molecule has 20 heavy (non-hydrogen) atoms. The number of aromatic hydroxyl groups is 1. The Kier molecular flexibility index (Phi) is 6.48. The minimum absolute atomic E-state index is 0.00312. The number of methoxy groups -OCH3 is 1. The fourth-order valence-corrected chi connectivity index (χ4v) is 2.20. The first-order chi connectivity index (χ1) is 9.49. The zero-order valence-corrected chi connectivity index (χ0v) is 12.4. The minimum atomic E-state index is -0.584. The first kappa shape index (κ1) is 16.5. The van der Waals surface area contributed by atoms with Crippen molar-refractivity contribution in [1.29, 1.82) is 0 Å². The first-order valence-electron chi connectivity index (χ1n) is 6.82. The molecule has 3 N–H and O–H groups in total. The van der Waals surface area contributed by atoms with Gasteiger partial charge in [-0.2, -0.15) is 0 Å². The van der Waals surface area contributed by atoms with Crippen LogP contribution in [0.1, 0.15) is 19.4 Å². The van der Waals surface area contributed by atoms with Gasteiger partial charge in [-0.05, 0) is 38.0 Å². The zero-order chi connectivity index (χ0) is 15.1. The standard InChI is InChI=1S/C15H24N2O3/c1-4-17(11(2)10-20-3)15(19)14(16)9-12-5-7-13(18)8-6-12/h5-8,11,14,18H,4,9-10,16H2,1-3H3/t11?,14-/m0/s1. The number of rotatable bonds is 7. The van der Waals surface area contributed by atoms with Crippen molar-refractivity contribution in [2.75, 3.05) is 20.3 Å². The third-order valence-electron chi connectivity index (χ3n) is 3.27. The van der Waals surface area contributed by atoms with Gasteiger partial charge in [0.15, 0.2) is 0 Å². The van der Waals surface area contributed by atoms with Crippen molar-refractivity contribution in [2.24, 2.45) is 5.73 Å². The molecule has 5 nitrogen and oxygen atoms in total. The summed E-state index contributed by atoms with van der Waals surface area (Å²) in [5.41, 5.74) is 6.93. The Hall–Kier alpha value is -1.59. The summed E-state index contributed by atoms with van der Waals surface area (Å²) in [6.07, 6.45) is 0.454. The number of nitrogens with zero attached hydrogens (tertiary/aromatic N) is 1. The van der Waals surface area contributed by atoms with E-state index in [1.165, 1.54) is 0 Å². The Bertz CT molecular complexity index is 420. The smallest absolute Gasteiger partial charge is 0.240 e. The summed E-state index contributed by atoms with van der Waals surface area (Å²) in [5, 5.41) is 9.24. The van der Waals surface area contributed by atoms with Crippen LogP contribution in [0.5, 0.6) is 5.75 Å². The second-order valence-electron chi connectivity index (χ2n) is 4.91. The summed E-state index contributed by atoms with van der Waals surface area (Å²) in [7, 11) is 1.62. The van der Waals surface area contributed by atoms with Gasteiger partial charge in [0.05, 0.1) is 18.7 Å². The highest BCUT2D eigenvalue weighted by Gasteiger charge is 2.24. The molecule has 5 heteroatoms. The molecule has 1 aromatic carbocycles. The summed E-state index contributed by atoms with van der Waals surface area (Å²) in [6, 6.07) is 6.16. The number of hydrogen-bond acceptors (Lipinski definition) is 4. The lowest BCUT2D eigenvalue weighted by atomic mass is 10.0.